The number of halogens is 1. The molecule has 6 nitrogen and oxygen atoms in total. The minimum Gasteiger partial charge on any atom is -0.493 e. The number of piperidine rings is 1. The smallest absolute Gasteiger partial charge is 0.227 e. The van der Waals surface area contributed by atoms with Crippen LogP contribution in [0.4, 0.5) is 5.69 Å². The second kappa shape index (κ2) is 10.1. The fraction of sp³-hybridized carbons (Fsp3) is 0.500. The van der Waals surface area contributed by atoms with Crippen molar-refractivity contribution >= 4 is 29.9 Å². The van der Waals surface area contributed by atoms with Gasteiger partial charge in [-0.25, -0.2) is 0 Å². The molecule has 0 bridgehead atoms. The number of hydrogen-bond donors (Lipinski definition) is 3. The Hall–Kier alpha value is -1.79. The summed E-state index contributed by atoms with van der Waals surface area (Å²) in [6.07, 6.45) is 2.09. The molecule has 0 saturated carbocycles. The molecular weight excluding hydrogens is 318 g/mol. The highest BCUT2D eigenvalue weighted by Gasteiger charge is 2.20. The van der Waals surface area contributed by atoms with Crippen LogP contribution in [-0.2, 0) is 9.59 Å². The van der Waals surface area contributed by atoms with Crippen LogP contribution in [0.5, 0.6) is 5.75 Å². The largest absolute Gasteiger partial charge is 0.493 e. The molecule has 1 heterocycles. The van der Waals surface area contributed by atoms with E-state index in [4.69, 9.17) is 4.74 Å². The van der Waals surface area contributed by atoms with Crippen molar-refractivity contribution < 1.29 is 14.3 Å². The zero-order valence-electron chi connectivity index (χ0n) is 13.3. The van der Waals surface area contributed by atoms with Gasteiger partial charge in [0.05, 0.1) is 13.0 Å². The number of amides is 2. The highest BCUT2D eigenvalue weighted by molar-refractivity contribution is 5.92. The average molecular weight is 342 g/mol. The Kier molecular flexibility index (Phi) is 8.43. The molecule has 1 fully saturated rings. The zero-order chi connectivity index (χ0) is 15.8. The Bertz CT molecular complexity index is 502. The quantitative estimate of drug-likeness (QED) is 0.733. The predicted octanol–water partition coefficient (Wildman–Crippen LogP) is 1.56. The van der Waals surface area contributed by atoms with Crippen LogP contribution in [0.25, 0.3) is 0 Å². The molecule has 1 aliphatic heterocycles. The average Bonchev–Trinajstić information content (AvgIpc) is 2.57. The van der Waals surface area contributed by atoms with Gasteiger partial charge in [0, 0.05) is 18.7 Å². The molecular formula is C16H24ClN3O3. The molecule has 0 aromatic heterocycles. The van der Waals surface area contributed by atoms with Crippen LogP contribution in [-0.4, -0.2) is 38.6 Å². The molecule has 2 amide bonds. The van der Waals surface area contributed by atoms with Crippen molar-refractivity contribution in [1.29, 1.82) is 0 Å². The van der Waals surface area contributed by atoms with E-state index in [0.717, 1.165) is 31.6 Å². The summed E-state index contributed by atoms with van der Waals surface area (Å²) in [7, 11) is 1.60. The zero-order valence-corrected chi connectivity index (χ0v) is 14.1. The van der Waals surface area contributed by atoms with Crippen molar-refractivity contribution in [2.45, 2.75) is 19.3 Å². The van der Waals surface area contributed by atoms with E-state index < -0.39 is 0 Å². The maximum Gasteiger partial charge on any atom is 0.227 e. The van der Waals surface area contributed by atoms with Gasteiger partial charge in [0.15, 0.2) is 0 Å². The van der Waals surface area contributed by atoms with E-state index in [1.807, 2.05) is 12.1 Å². The van der Waals surface area contributed by atoms with Gasteiger partial charge in [0.25, 0.3) is 0 Å². The van der Waals surface area contributed by atoms with E-state index in [1.54, 1.807) is 19.2 Å². The fourth-order valence-electron chi connectivity index (χ4n) is 2.35. The molecule has 1 saturated heterocycles. The van der Waals surface area contributed by atoms with Crippen LogP contribution >= 0.6 is 12.4 Å². The van der Waals surface area contributed by atoms with Crippen molar-refractivity contribution in [2.75, 3.05) is 32.1 Å². The van der Waals surface area contributed by atoms with Crippen LogP contribution in [0.15, 0.2) is 24.3 Å². The molecule has 0 unspecified atom stereocenters. The first-order chi connectivity index (χ1) is 10.7. The molecule has 0 aliphatic carbocycles. The number of carbonyl (C=O) groups is 2. The first kappa shape index (κ1) is 19.3. The van der Waals surface area contributed by atoms with Crippen LogP contribution in [0.2, 0.25) is 0 Å². The predicted molar refractivity (Wildman–Crippen MR) is 92.1 cm³/mol. The lowest BCUT2D eigenvalue weighted by Gasteiger charge is -2.21. The Morgan fingerprint density at radius 1 is 1.22 bits per heavy atom. The summed E-state index contributed by atoms with van der Waals surface area (Å²) in [6.45, 7) is 2.13. The summed E-state index contributed by atoms with van der Waals surface area (Å²) in [5, 5.41) is 8.73. The lowest BCUT2D eigenvalue weighted by Crippen LogP contribution is -2.34. The molecule has 0 radical (unpaired) electrons. The number of benzene rings is 1. The molecule has 1 aromatic carbocycles. The van der Waals surface area contributed by atoms with Gasteiger partial charge in [-0.15, -0.1) is 12.4 Å². The Morgan fingerprint density at radius 2 is 1.87 bits per heavy atom. The van der Waals surface area contributed by atoms with Gasteiger partial charge in [-0.3, -0.25) is 9.59 Å². The number of anilines is 1. The lowest BCUT2D eigenvalue weighted by atomic mass is 9.97. The van der Waals surface area contributed by atoms with Gasteiger partial charge in [-0.2, -0.15) is 0 Å². The molecule has 1 aromatic rings. The van der Waals surface area contributed by atoms with Gasteiger partial charge in [-0.1, -0.05) is 0 Å². The summed E-state index contributed by atoms with van der Waals surface area (Å²) in [5.74, 6) is 0.800. The second-order valence-electron chi connectivity index (χ2n) is 5.31. The monoisotopic (exact) mass is 341 g/mol. The molecule has 0 atom stereocenters. The second-order valence-corrected chi connectivity index (χ2v) is 5.31. The number of ether oxygens (including phenoxy) is 1. The fourth-order valence-corrected chi connectivity index (χ4v) is 2.35. The normalized spacial score (nSPS) is 14.5. The third-order valence-electron chi connectivity index (χ3n) is 3.71. The highest BCUT2D eigenvalue weighted by Crippen LogP contribution is 2.18. The van der Waals surface area contributed by atoms with E-state index in [-0.39, 0.29) is 30.1 Å². The van der Waals surface area contributed by atoms with Crippen LogP contribution in [0.3, 0.4) is 0 Å². The summed E-state index contributed by atoms with van der Waals surface area (Å²) in [4.78, 5) is 23.2. The van der Waals surface area contributed by atoms with Crippen LogP contribution in [0.1, 0.15) is 19.3 Å². The maximum absolute atomic E-state index is 12.1. The molecule has 23 heavy (non-hydrogen) atoms. The summed E-state index contributed by atoms with van der Waals surface area (Å²) in [6, 6.07) is 7.21. The van der Waals surface area contributed by atoms with E-state index >= 15 is 0 Å². The standard InChI is InChI=1S/C16H23N3O3.ClH/c1-17-15(20)8-11-22-14-4-2-13(3-5-14)19-16(21)12-6-9-18-10-7-12;/h2-5,12,18H,6-11H2,1H3,(H,17,20)(H,19,21);1H. The van der Waals surface area contributed by atoms with E-state index in [9.17, 15) is 9.59 Å². The van der Waals surface area contributed by atoms with Crippen molar-refractivity contribution in [3.63, 3.8) is 0 Å². The topological polar surface area (TPSA) is 79.5 Å². The minimum absolute atomic E-state index is 0. The third-order valence-corrected chi connectivity index (χ3v) is 3.71. The Morgan fingerprint density at radius 3 is 2.48 bits per heavy atom. The molecule has 2 rings (SSSR count). The number of hydrogen-bond acceptors (Lipinski definition) is 4. The number of carbonyl (C=O) groups excluding carboxylic acids is 2. The van der Waals surface area contributed by atoms with Gasteiger partial charge in [0.2, 0.25) is 11.8 Å². The maximum atomic E-state index is 12.1. The van der Waals surface area contributed by atoms with Crippen molar-refractivity contribution in [3.8, 4) is 5.75 Å². The summed E-state index contributed by atoms with van der Waals surface area (Å²) >= 11 is 0. The molecule has 3 N–H and O–H groups in total. The van der Waals surface area contributed by atoms with E-state index in [0.29, 0.717) is 18.8 Å². The summed E-state index contributed by atoms with van der Waals surface area (Å²) < 4.78 is 5.47. The van der Waals surface area contributed by atoms with Gasteiger partial charge in [0.1, 0.15) is 5.75 Å². The molecule has 128 valence electrons. The highest BCUT2D eigenvalue weighted by atomic mass is 35.5. The first-order valence-corrected chi connectivity index (χ1v) is 7.64. The van der Waals surface area contributed by atoms with Crippen LogP contribution < -0.4 is 20.7 Å². The third kappa shape index (κ3) is 6.46. The SMILES string of the molecule is CNC(=O)CCOc1ccc(NC(=O)C2CCNCC2)cc1.Cl. The van der Waals surface area contributed by atoms with E-state index in [1.165, 1.54) is 0 Å². The summed E-state index contributed by atoms with van der Waals surface area (Å²) in [5.41, 5.74) is 0.766. The van der Waals surface area contributed by atoms with Crippen LogP contribution in [0, 0.1) is 5.92 Å². The molecule has 1 aliphatic rings. The Balaban J connectivity index is 0.00000264. The van der Waals surface area contributed by atoms with Gasteiger partial charge < -0.3 is 20.7 Å². The van der Waals surface area contributed by atoms with Gasteiger partial charge in [-0.05, 0) is 50.2 Å². The van der Waals surface area contributed by atoms with Crippen molar-refractivity contribution in [3.05, 3.63) is 24.3 Å². The van der Waals surface area contributed by atoms with Crippen molar-refractivity contribution in [1.82, 2.24) is 10.6 Å². The molecule has 7 heteroatoms. The number of rotatable bonds is 6. The lowest BCUT2D eigenvalue weighted by molar-refractivity contribution is -0.121. The van der Waals surface area contributed by atoms with Gasteiger partial charge >= 0.3 is 0 Å². The minimum atomic E-state index is -0.0501. The molecule has 0 spiro atoms. The Labute approximate surface area is 142 Å². The number of nitrogens with one attached hydrogen (secondary N) is 3. The first-order valence-electron chi connectivity index (χ1n) is 7.64. The van der Waals surface area contributed by atoms with Crippen molar-refractivity contribution in [2.24, 2.45) is 5.92 Å². The van der Waals surface area contributed by atoms with E-state index in [2.05, 4.69) is 16.0 Å².